The average Bonchev–Trinajstić information content (AvgIpc) is 2.89. The van der Waals surface area contributed by atoms with Gasteiger partial charge in [-0.15, -0.1) is 0 Å². The minimum atomic E-state index is -0.930. The number of hydrogen-bond donors (Lipinski definition) is 0. The summed E-state index contributed by atoms with van der Waals surface area (Å²) >= 11 is 0. The first kappa shape index (κ1) is 13.0. The van der Waals surface area contributed by atoms with Gasteiger partial charge in [-0.05, 0) is 31.9 Å². The van der Waals surface area contributed by atoms with Gasteiger partial charge in [0.1, 0.15) is 0 Å². The third kappa shape index (κ3) is 1.69. The van der Waals surface area contributed by atoms with Crippen LogP contribution in [0.3, 0.4) is 0 Å². The molecular formula is C15H17N3O2. The van der Waals surface area contributed by atoms with Crippen LogP contribution in [0.1, 0.15) is 29.5 Å². The van der Waals surface area contributed by atoms with E-state index in [2.05, 4.69) is 10.2 Å². The first-order valence-electron chi connectivity index (χ1n) is 6.78. The van der Waals surface area contributed by atoms with Crippen molar-refractivity contribution < 1.29 is 9.59 Å². The van der Waals surface area contributed by atoms with Gasteiger partial charge in [0, 0.05) is 6.42 Å². The number of azo groups is 1. The normalized spacial score (nSPS) is 25.2. The van der Waals surface area contributed by atoms with E-state index < -0.39 is 5.54 Å². The highest BCUT2D eigenvalue weighted by Gasteiger charge is 2.54. The number of amides is 2. The van der Waals surface area contributed by atoms with Crippen LogP contribution in [-0.2, 0) is 9.59 Å². The van der Waals surface area contributed by atoms with Crippen molar-refractivity contribution in [3.05, 3.63) is 28.8 Å². The van der Waals surface area contributed by atoms with Crippen molar-refractivity contribution in [2.24, 2.45) is 10.2 Å². The number of hydrogen-bond acceptors (Lipinski definition) is 4. The number of rotatable bonds is 1. The van der Waals surface area contributed by atoms with Crippen LogP contribution in [0, 0.1) is 20.8 Å². The summed E-state index contributed by atoms with van der Waals surface area (Å²) in [6, 6.07) is 3.98. The summed E-state index contributed by atoms with van der Waals surface area (Å²) in [6.45, 7) is 6.39. The van der Waals surface area contributed by atoms with Gasteiger partial charge in [0.2, 0.25) is 5.91 Å². The Bertz CT molecular complexity index is 628. The Morgan fingerprint density at radius 3 is 2.35 bits per heavy atom. The summed E-state index contributed by atoms with van der Waals surface area (Å²) in [5.41, 5.74) is 2.79. The summed E-state index contributed by atoms with van der Waals surface area (Å²) in [4.78, 5) is 26.3. The first-order chi connectivity index (χ1) is 9.44. The van der Waals surface area contributed by atoms with E-state index in [-0.39, 0.29) is 18.2 Å². The molecule has 1 spiro atoms. The smallest absolute Gasteiger partial charge is 0.264 e. The van der Waals surface area contributed by atoms with E-state index >= 15 is 0 Å². The Hall–Kier alpha value is -2.04. The van der Waals surface area contributed by atoms with Crippen LogP contribution in [0.2, 0.25) is 0 Å². The van der Waals surface area contributed by atoms with Crippen LogP contribution in [0.25, 0.3) is 0 Å². The second-order valence-corrected chi connectivity index (χ2v) is 5.71. The van der Waals surface area contributed by atoms with Gasteiger partial charge in [-0.2, -0.15) is 10.2 Å². The van der Waals surface area contributed by atoms with E-state index in [4.69, 9.17) is 0 Å². The Morgan fingerprint density at radius 1 is 1.15 bits per heavy atom. The maximum absolute atomic E-state index is 12.7. The molecule has 0 radical (unpaired) electrons. The summed E-state index contributed by atoms with van der Waals surface area (Å²) in [7, 11) is 0. The van der Waals surface area contributed by atoms with Crippen LogP contribution < -0.4 is 4.90 Å². The summed E-state index contributed by atoms with van der Waals surface area (Å²) in [6.07, 6.45) is 0.681. The largest absolute Gasteiger partial charge is 0.274 e. The molecule has 0 bridgehead atoms. The fourth-order valence-corrected chi connectivity index (χ4v) is 3.22. The minimum absolute atomic E-state index is 0.141. The molecule has 0 N–H and O–H groups in total. The quantitative estimate of drug-likeness (QED) is 0.737. The number of aryl methyl sites for hydroxylation is 3. The number of carbonyl (C=O) groups excluding carboxylic acids is 2. The molecule has 1 aromatic carbocycles. The molecule has 2 heterocycles. The first-order valence-corrected chi connectivity index (χ1v) is 6.78. The van der Waals surface area contributed by atoms with Crippen molar-refractivity contribution in [1.82, 2.24) is 0 Å². The fourth-order valence-electron chi connectivity index (χ4n) is 3.22. The molecule has 20 heavy (non-hydrogen) atoms. The molecule has 0 aliphatic carbocycles. The zero-order valence-corrected chi connectivity index (χ0v) is 11.9. The molecule has 0 unspecified atom stereocenters. The standard InChI is InChI=1S/C15H17N3O2/c1-9-6-10(2)13(11(3)7-9)18-12(19)8-15(14(18)20)4-5-16-17-15/h6-7H,4-5,8H2,1-3H3/t15-/m1/s1. The molecule has 1 aromatic rings. The van der Waals surface area contributed by atoms with Crippen LogP contribution in [0.15, 0.2) is 22.4 Å². The Labute approximate surface area is 117 Å². The van der Waals surface area contributed by atoms with Crippen molar-refractivity contribution in [3.63, 3.8) is 0 Å². The molecule has 5 heteroatoms. The molecule has 2 aliphatic rings. The maximum atomic E-state index is 12.7. The summed E-state index contributed by atoms with van der Waals surface area (Å²) in [5, 5.41) is 7.98. The molecule has 2 aliphatic heterocycles. The van der Waals surface area contributed by atoms with E-state index in [1.165, 1.54) is 4.90 Å². The number of carbonyl (C=O) groups is 2. The topological polar surface area (TPSA) is 62.1 Å². The number of benzene rings is 1. The molecule has 2 amide bonds. The highest BCUT2D eigenvalue weighted by Crippen LogP contribution is 2.39. The van der Waals surface area contributed by atoms with Gasteiger partial charge in [-0.1, -0.05) is 17.7 Å². The highest BCUT2D eigenvalue weighted by atomic mass is 16.2. The van der Waals surface area contributed by atoms with E-state index in [1.807, 2.05) is 32.9 Å². The summed E-state index contributed by atoms with van der Waals surface area (Å²) in [5.74, 6) is -0.398. The third-order valence-corrected chi connectivity index (χ3v) is 4.04. The molecule has 0 saturated carbocycles. The SMILES string of the molecule is Cc1cc(C)c(N2C(=O)C[C@]3(CCN=N3)C2=O)c(C)c1. The number of anilines is 1. The molecule has 3 rings (SSSR count). The molecular weight excluding hydrogens is 254 g/mol. The van der Waals surface area contributed by atoms with Crippen molar-refractivity contribution in [3.8, 4) is 0 Å². The van der Waals surface area contributed by atoms with Gasteiger partial charge in [0.25, 0.3) is 5.91 Å². The van der Waals surface area contributed by atoms with Crippen molar-refractivity contribution in [1.29, 1.82) is 0 Å². The number of nitrogens with zero attached hydrogens (tertiary/aromatic N) is 3. The lowest BCUT2D eigenvalue weighted by Gasteiger charge is -2.22. The van der Waals surface area contributed by atoms with E-state index in [0.717, 1.165) is 16.7 Å². The highest BCUT2D eigenvalue weighted by molar-refractivity contribution is 6.25. The van der Waals surface area contributed by atoms with Crippen LogP contribution in [0.5, 0.6) is 0 Å². The van der Waals surface area contributed by atoms with Crippen molar-refractivity contribution in [2.45, 2.75) is 39.2 Å². The van der Waals surface area contributed by atoms with Gasteiger partial charge in [-0.25, -0.2) is 4.90 Å². The minimum Gasteiger partial charge on any atom is -0.274 e. The van der Waals surface area contributed by atoms with E-state index in [1.54, 1.807) is 0 Å². The predicted molar refractivity (Wildman–Crippen MR) is 74.8 cm³/mol. The molecule has 1 saturated heterocycles. The lowest BCUT2D eigenvalue weighted by atomic mass is 9.95. The fraction of sp³-hybridized carbons (Fsp3) is 0.467. The molecule has 104 valence electrons. The van der Waals surface area contributed by atoms with Gasteiger partial charge in [-0.3, -0.25) is 9.59 Å². The molecule has 1 fully saturated rings. The Morgan fingerprint density at radius 2 is 1.80 bits per heavy atom. The van der Waals surface area contributed by atoms with Gasteiger partial charge < -0.3 is 0 Å². The lowest BCUT2D eigenvalue weighted by molar-refractivity contribution is -0.122. The van der Waals surface area contributed by atoms with Crippen LogP contribution in [-0.4, -0.2) is 23.9 Å². The number of imide groups is 1. The Balaban J connectivity index is 2.10. The second kappa shape index (κ2) is 4.23. The predicted octanol–water partition coefficient (Wildman–Crippen LogP) is 2.47. The van der Waals surface area contributed by atoms with E-state index in [0.29, 0.717) is 18.7 Å². The van der Waals surface area contributed by atoms with E-state index in [9.17, 15) is 9.59 Å². The lowest BCUT2D eigenvalue weighted by Crippen LogP contribution is -2.38. The molecule has 1 atom stereocenters. The van der Waals surface area contributed by atoms with Crippen molar-refractivity contribution in [2.75, 3.05) is 11.4 Å². The zero-order chi connectivity index (χ0) is 14.5. The average molecular weight is 271 g/mol. The monoisotopic (exact) mass is 271 g/mol. The molecule has 5 nitrogen and oxygen atoms in total. The van der Waals surface area contributed by atoms with Gasteiger partial charge >= 0.3 is 0 Å². The van der Waals surface area contributed by atoms with Gasteiger partial charge in [0.15, 0.2) is 5.54 Å². The second-order valence-electron chi connectivity index (χ2n) is 5.71. The van der Waals surface area contributed by atoms with Gasteiger partial charge in [0.05, 0.1) is 18.7 Å². The van der Waals surface area contributed by atoms with Crippen molar-refractivity contribution >= 4 is 17.5 Å². The maximum Gasteiger partial charge on any atom is 0.264 e. The third-order valence-electron chi connectivity index (χ3n) is 4.04. The van der Waals surface area contributed by atoms with Crippen LogP contribution in [0.4, 0.5) is 5.69 Å². The molecule has 0 aromatic heterocycles. The zero-order valence-electron chi connectivity index (χ0n) is 11.9. The Kier molecular flexibility index (Phi) is 2.74. The summed E-state index contributed by atoms with van der Waals surface area (Å²) < 4.78 is 0. The van der Waals surface area contributed by atoms with Crippen LogP contribution >= 0.6 is 0 Å².